The van der Waals surface area contributed by atoms with E-state index in [-0.39, 0.29) is 41.5 Å². The molecular weight excluding hydrogens is 313 g/mol. The SMILES string of the molecule is C=CC[C@@H](c1ccc([N+](=O)[O-])cc1)N1CCNCC1.Cl.Cl. The molecule has 1 aromatic rings. The second kappa shape index (κ2) is 9.73. The lowest BCUT2D eigenvalue weighted by Gasteiger charge is -2.34. The third kappa shape index (κ3) is 5.28. The maximum atomic E-state index is 10.7. The van der Waals surface area contributed by atoms with E-state index < -0.39 is 0 Å². The number of nitro groups is 1. The Morgan fingerprint density at radius 2 is 1.86 bits per heavy atom. The topological polar surface area (TPSA) is 58.4 Å². The minimum atomic E-state index is -0.364. The smallest absolute Gasteiger partial charge is 0.269 e. The number of nitrogens with zero attached hydrogens (tertiary/aromatic N) is 2. The molecule has 1 aromatic carbocycles. The molecule has 1 saturated heterocycles. The number of rotatable bonds is 5. The predicted molar refractivity (Wildman–Crippen MR) is 89.6 cm³/mol. The Kier molecular flexibility index (Phi) is 9.21. The third-order valence-electron chi connectivity index (χ3n) is 3.47. The average molecular weight is 334 g/mol. The van der Waals surface area contributed by atoms with E-state index in [1.165, 1.54) is 0 Å². The molecule has 5 nitrogen and oxygen atoms in total. The summed E-state index contributed by atoms with van der Waals surface area (Å²) in [5, 5.41) is 14.0. The normalized spacial score (nSPS) is 16.2. The van der Waals surface area contributed by atoms with Crippen molar-refractivity contribution in [2.45, 2.75) is 12.5 Å². The summed E-state index contributed by atoms with van der Waals surface area (Å²) < 4.78 is 0. The Bertz CT molecular complexity index is 448. The Morgan fingerprint density at radius 1 is 1.29 bits per heavy atom. The molecule has 0 amide bonds. The first-order valence-corrected chi connectivity index (χ1v) is 6.52. The van der Waals surface area contributed by atoms with Crippen molar-refractivity contribution in [1.29, 1.82) is 0 Å². The number of piperazine rings is 1. The number of non-ortho nitro benzene ring substituents is 1. The van der Waals surface area contributed by atoms with Crippen molar-refractivity contribution in [3.63, 3.8) is 0 Å². The van der Waals surface area contributed by atoms with Gasteiger partial charge in [0.05, 0.1) is 4.92 Å². The quantitative estimate of drug-likeness (QED) is 0.511. The minimum absolute atomic E-state index is 0. The van der Waals surface area contributed by atoms with Crippen molar-refractivity contribution in [2.75, 3.05) is 26.2 Å². The van der Waals surface area contributed by atoms with Gasteiger partial charge in [-0.2, -0.15) is 0 Å². The van der Waals surface area contributed by atoms with Crippen LogP contribution in [0.2, 0.25) is 0 Å². The lowest BCUT2D eigenvalue weighted by atomic mass is 10.0. The molecule has 21 heavy (non-hydrogen) atoms. The summed E-state index contributed by atoms with van der Waals surface area (Å²) in [4.78, 5) is 12.7. The molecule has 1 N–H and O–H groups in total. The van der Waals surface area contributed by atoms with Crippen LogP contribution in [0.1, 0.15) is 18.0 Å². The van der Waals surface area contributed by atoms with Crippen molar-refractivity contribution in [3.8, 4) is 0 Å². The van der Waals surface area contributed by atoms with Crippen LogP contribution in [0.15, 0.2) is 36.9 Å². The molecule has 1 heterocycles. The summed E-state index contributed by atoms with van der Waals surface area (Å²) in [5.74, 6) is 0. The number of nitrogens with one attached hydrogen (secondary N) is 1. The first-order valence-electron chi connectivity index (χ1n) is 6.52. The molecule has 1 aliphatic rings. The molecule has 118 valence electrons. The van der Waals surface area contributed by atoms with Gasteiger partial charge in [-0.3, -0.25) is 15.0 Å². The van der Waals surface area contributed by atoms with Gasteiger partial charge in [0.1, 0.15) is 0 Å². The van der Waals surface area contributed by atoms with E-state index in [0.717, 1.165) is 38.2 Å². The number of hydrogen-bond donors (Lipinski definition) is 1. The Balaban J connectivity index is 0.00000200. The number of hydrogen-bond acceptors (Lipinski definition) is 4. The van der Waals surface area contributed by atoms with Crippen LogP contribution in [0.4, 0.5) is 5.69 Å². The van der Waals surface area contributed by atoms with Crippen molar-refractivity contribution >= 4 is 30.5 Å². The van der Waals surface area contributed by atoms with Crippen LogP contribution in [-0.4, -0.2) is 36.0 Å². The van der Waals surface area contributed by atoms with Crippen molar-refractivity contribution in [2.24, 2.45) is 0 Å². The fourth-order valence-electron chi connectivity index (χ4n) is 2.47. The highest BCUT2D eigenvalue weighted by Gasteiger charge is 2.21. The van der Waals surface area contributed by atoms with Gasteiger partial charge >= 0.3 is 0 Å². The van der Waals surface area contributed by atoms with Gasteiger partial charge in [-0.15, -0.1) is 31.4 Å². The molecule has 0 saturated carbocycles. The summed E-state index contributed by atoms with van der Waals surface area (Å²) in [6.45, 7) is 7.78. The maximum absolute atomic E-state index is 10.7. The summed E-state index contributed by atoms with van der Waals surface area (Å²) in [5.41, 5.74) is 1.26. The van der Waals surface area contributed by atoms with Crippen LogP contribution >= 0.6 is 24.8 Å². The standard InChI is InChI=1S/C14H19N3O2.2ClH/c1-2-3-14(16-10-8-15-9-11-16)12-4-6-13(7-5-12)17(18)19;;/h2,4-7,14-15H,1,3,8-11H2;2*1H/t14-;;/m0../s1. The molecule has 1 atom stereocenters. The number of halogens is 2. The van der Waals surface area contributed by atoms with Gasteiger partial charge in [0.2, 0.25) is 0 Å². The van der Waals surface area contributed by atoms with Gasteiger partial charge in [0.15, 0.2) is 0 Å². The highest BCUT2D eigenvalue weighted by Crippen LogP contribution is 2.26. The van der Waals surface area contributed by atoms with Crippen LogP contribution in [0, 0.1) is 10.1 Å². The highest BCUT2D eigenvalue weighted by atomic mass is 35.5. The van der Waals surface area contributed by atoms with Crippen molar-refractivity contribution < 1.29 is 4.92 Å². The molecule has 0 unspecified atom stereocenters. The van der Waals surface area contributed by atoms with Gasteiger partial charge in [-0.25, -0.2) is 0 Å². The van der Waals surface area contributed by atoms with E-state index in [1.54, 1.807) is 12.1 Å². The van der Waals surface area contributed by atoms with Gasteiger partial charge in [0.25, 0.3) is 5.69 Å². The van der Waals surface area contributed by atoms with Gasteiger partial charge in [-0.05, 0) is 12.0 Å². The van der Waals surface area contributed by atoms with E-state index in [2.05, 4.69) is 16.8 Å². The van der Waals surface area contributed by atoms with Gasteiger partial charge < -0.3 is 5.32 Å². The fraction of sp³-hybridized carbons (Fsp3) is 0.429. The number of benzene rings is 1. The van der Waals surface area contributed by atoms with Gasteiger partial charge in [0, 0.05) is 44.4 Å². The second-order valence-corrected chi connectivity index (χ2v) is 4.67. The molecular formula is C14H21Cl2N3O2. The largest absolute Gasteiger partial charge is 0.314 e. The molecule has 0 spiro atoms. The zero-order valence-corrected chi connectivity index (χ0v) is 13.4. The van der Waals surface area contributed by atoms with E-state index in [4.69, 9.17) is 0 Å². The molecule has 0 aromatic heterocycles. The molecule has 7 heteroatoms. The van der Waals surface area contributed by atoms with E-state index in [1.807, 2.05) is 18.2 Å². The third-order valence-corrected chi connectivity index (χ3v) is 3.47. The van der Waals surface area contributed by atoms with Gasteiger partial charge in [-0.1, -0.05) is 18.2 Å². The molecule has 1 aliphatic heterocycles. The lowest BCUT2D eigenvalue weighted by molar-refractivity contribution is -0.384. The van der Waals surface area contributed by atoms with Crippen LogP contribution in [0.5, 0.6) is 0 Å². The number of nitro benzene ring substituents is 1. The second-order valence-electron chi connectivity index (χ2n) is 4.67. The van der Waals surface area contributed by atoms with E-state index in [9.17, 15) is 10.1 Å². The summed E-state index contributed by atoms with van der Waals surface area (Å²) in [6.07, 6.45) is 2.77. The molecule has 0 aliphatic carbocycles. The molecule has 1 fully saturated rings. The minimum Gasteiger partial charge on any atom is -0.314 e. The van der Waals surface area contributed by atoms with Crippen molar-refractivity contribution in [3.05, 3.63) is 52.6 Å². The Hall–Kier alpha value is -1.14. The molecule has 0 radical (unpaired) electrons. The van der Waals surface area contributed by atoms with E-state index in [0.29, 0.717) is 0 Å². The molecule has 2 rings (SSSR count). The fourth-order valence-corrected chi connectivity index (χ4v) is 2.47. The van der Waals surface area contributed by atoms with E-state index >= 15 is 0 Å². The zero-order valence-electron chi connectivity index (χ0n) is 11.7. The summed E-state index contributed by atoms with van der Waals surface area (Å²) in [6, 6.07) is 7.13. The first kappa shape index (κ1) is 19.9. The zero-order chi connectivity index (χ0) is 13.7. The van der Waals surface area contributed by atoms with Crippen LogP contribution < -0.4 is 5.32 Å². The molecule has 0 bridgehead atoms. The highest BCUT2D eigenvalue weighted by molar-refractivity contribution is 5.85. The van der Waals surface area contributed by atoms with Crippen LogP contribution in [0.25, 0.3) is 0 Å². The summed E-state index contributed by atoms with van der Waals surface area (Å²) >= 11 is 0. The average Bonchev–Trinajstić information content (AvgIpc) is 2.46. The summed E-state index contributed by atoms with van der Waals surface area (Å²) in [7, 11) is 0. The lowest BCUT2D eigenvalue weighted by Crippen LogP contribution is -2.45. The van der Waals surface area contributed by atoms with Crippen LogP contribution in [0.3, 0.4) is 0 Å². The first-order chi connectivity index (χ1) is 9.22. The Morgan fingerprint density at radius 3 is 2.33 bits per heavy atom. The van der Waals surface area contributed by atoms with Crippen LogP contribution in [-0.2, 0) is 0 Å². The maximum Gasteiger partial charge on any atom is 0.269 e. The predicted octanol–water partition coefficient (Wildman–Crippen LogP) is 2.96. The Labute approximate surface area is 137 Å². The van der Waals surface area contributed by atoms with Crippen molar-refractivity contribution in [1.82, 2.24) is 10.2 Å². The monoisotopic (exact) mass is 333 g/mol.